The first-order chi connectivity index (χ1) is 17.9. The maximum atomic E-state index is 13.1. The fraction of sp³-hybridized carbons (Fsp3) is 0.367. The van der Waals surface area contributed by atoms with Crippen molar-refractivity contribution in [3.63, 3.8) is 0 Å². The van der Waals surface area contributed by atoms with Gasteiger partial charge in [-0.1, -0.05) is 91.0 Å². The molecule has 2 N–H and O–H groups in total. The highest BCUT2D eigenvalue weighted by Gasteiger charge is 2.44. The van der Waals surface area contributed by atoms with Crippen LogP contribution in [0.4, 0.5) is 0 Å². The smallest absolute Gasteiger partial charge is 0.309 e. The molecule has 0 amide bonds. The number of aliphatic hydroxyl groups excluding tert-OH is 1. The number of hydrogen-bond acceptors (Lipinski definition) is 7. The number of esters is 1. The van der Waals surface area contributed by atoms with Crippen molar-refractivity contribution < 1.29 is 34.0 Å². The molecule has 198 valence electrons. The molecule has 0 spiro atoms. The molecule has 0 aliphatic rings. The zero-order valence-corrected chi connectivity index (χ0v) is 21.4. The number of carbonyl (C=O) groups excluding carboxylic acids is 1. The summed E-state index contributed by atoms with van der Waals surface area (Å²) in [5.41, 5.74) is 0.128. The quantitative estimate of drug-likeness (QED) is 0.179. The number of hydrogen-bond donors (Lipinski definition) is 2. The largest absolute Gasteiger partial charge is 0.454 e. The maximum absolute atomic E-state index is 13.1. The van der Waals surface area contributed by atoms with E-state index in [0.717, 1.165) is 0 Å². The van der Waals surface area contributed by atoms with Crippen molar-refractivity contribution in [2.75, 3.05) is 27.1 Å². The molecule has 0 saturated carbocycles. The van der Waals surface area contributed by atoms with Gasteiger partial charge in [-0.15, -0.1) is 0 Å². The van der Waals surface area contributed by atoms with Gasteiger partial charge in [-0.3, -0.25) is 4.79 Å². The van der Waals surface area contributed by atoms with E-state index in [9.17, 15) is 15.0 Å². The van der Waals surface area contributed by atoms with Crippen molar-refractivity contribution in [3.05, 3.63) is 108 Å². The first-order valence-corrected chi connectivity index (χ1v) is 12.4. The Labute approximate surface area is 218 Å². The number of rotatable bonds is 15. The molecule has 0 aliphatic heterocycles. The Morgan fingerprint density at radius 1 is 0.865 bits per heavy atom. The van der Waals surface area contributed by atoms with E-state index in [1.54, 1.807) is 38.3 Å². The number of aliphatic hydroxyl groups is 2. The van der Waals surface area contributed by atoms with Gasteiger partial charge in [-0.05, 0) is 30.0 Å². The molecule has 3 aromatic rings. The molecule has 7 nitrogen and oxygen atoms in total. The molecule has 0 unspecified atom stereocenters. The van der Waals surface area contributed by atoms with Gasteiger partial charge >= 0.3 is 5.97 Å². The second-order valence-electron chi connectivity index (χ2n) is 8.87. The van der Waals surface area contributed by atoms with Crippen LogP contribution in [-0.2, 0) is 29.3 Å². The van der Waals surface area contributed by atoms with Crippen LogP contribution in [0.3, 0.4) is 0 Å². The molecule has 0 saturated heterocycles. The fourth-order valence-electron chi connectivity index (χ4n) is 4.15. The maximum Gasteiger partial charge on any atom is 0.309 e. The van der Waals surface area contributed by atoms with Gasteiger partial charge in [-0.25, -0.2) is 0 Å². The summed E-state index contributed by atoms with van der Waals surface area (Å²) in [4.78, 5) is 13.1. The lowest BCUT2D eigenvalue weighted by molar-refractivity contribution is -0.166. The van der Waals surface area contributed by atoms with Gasteiger partial charge in [0.2, 0.25) is 0 Å². The van der Waals surface area contributed by atoms with Gasteiger partial charge in [-0.2, -0.15) is 0 Å². The molecule has 3 rings (SSSR count). The Balaban J connectivity index is 1.77. The van der Waals surface area contributed by atoms with Crippen molar-refractivity contribution in [1.82, 2.24) is 0 Å². The van der Waals surface area contributed by atoms with E-state index in [0.29, 0.717) is 29.9 Å². The van der Waals surface area contributed by atoms with Gasteiger partial charge in [0.1, 0.15) is 6.79 Å². The predicted molar refractivity (Wildman–Crippen MR) is 140 cm³/mol. The van der Waals surface area contributed by atoms with Crippen LogP contribution in [0.15, 0.2) is 91.0 Å². The highest BCUT2D eigenvalue weighted by molar-refractivity contribution is 5.70. The monoisotopic (exact) mass is 508 g/mol. The Morgan fingerprint density at radius 2 is 1.41 bits per heavy atom. The number of methoxy groups -OCH3 is 1. The van der Waals surface area contributed by atoms with Crippen molar-refractivity contribution in [2.24, 2.45) is 0 Å². The third kappa shape index (κ3) is 8.21. The Bertz CT molecular complexity index is 1000. The molecule has 37 heavy (non-hydrogen) atoms. The minimum atomic E-state index is -1.67. The lowest BCUT2D eigenvalue weighted by Crippen LogP contribution is -2.38. The summed E-state index contributed by atoms with van der Waals surface area (Å²) < 4.78 is 21.7. The standard InChI is InChI=1S/C30H36O7/c1-23(36-22-35-19-18-34-2)20-27(31)21-28(32)37-29(24-12-6-3-7-13-24)30(33,25-14-8-4-9-15-25)26-16-10-5-11-17-26/h3-17,23,27,29,31,33H,18-22H2,1-2H3/t23-,27+,29-/m1/s1. The molecule has 0 radical (unpaired) electrons. The topological polar surface area (TPSA) is 94.5 Å². The molecule has 3 aromatic carbocycles. The van der Waals surface area contributed by atoms with Crippen molar-refractivity contribution in [1.29, 1.82) is 0 Å². The molecule has 3 atom stereocenters. The van der Waals surface area contributed by atoms with Gasteiger partial charge < -0.3 is 29.2 Å². The first kappa shape index (κ1) is 28.5. The van der Waals surface area contributed by atoms with Crippen molar-refractivity contribution in [2.45, 2.75) is 43.7 Å². The normalized spacial score (nSPS) is 14.1. The highest BCUT2D eigenvalue weighted by atomic mass is 16.7. The molecule has 0 heterocycles. The lowest BCUT2D eigenvalue weighted by Gasteiger charge is -2.37. The first-order valence-electron chi connectivity index (χ1n) is 12.4. The van der Waals surface area contributed by atoms with Crippen molar-refractivity contribution in [3.8, 4) is 0 Å². The highest BCUT2D eigenvalue weighted by Crippen LogP contribution is 2.43. The van der Waals surface area contributed by atoms with Crippen LogP contribution in [0.2, 0.25) is 0 Å². The summed E-state index contributed by atoms with van der Waals surface area (Å²) in [7, 11) is 1.59. The number of carbonyl (C=O) groups is 1. The second-order valence-corrected chi connectivity index (χ2v) is 8.87. The number of benzene rings is 3. The molecular formula is C30H36O7. The van der Waals surface area contributed by atoms with Crippen LogP contribution in [0, 0.1) is 0 Å². The molecule has 0 aliphatic carbocycles. The van der Waals surface area contributed by atoms with Gasteiger partial charge in [0.25, 0.3) is 0 Å². The van der Waals surface area contributed by atoms with Gasteiger partial charge in [0, 0.05) is 7.11 Å². The molecular weight excluding hydrogens is 472 g/mol. The Morgan fingerprint density at radius 3 is 1.95 bits per heavy atom. The average molecular weight is 509 g/mol. The summed E-state index contributed by atoms with van der Waals surface area (Å²) in [5, 5.41) is 22.8. The Hall–Kier alpha value is -3.07. The molecule has 0 bridgehead atoms. The van der Waals surface area contributed by atoms with Crippen LogP contribution in [0.25, 0.3) is 0 Å². The summed E-state index contributed by atoms with van der Waals surface area (Å²) in [6.45, 7) is 2.74. The summed E-state index contributed by atoms with van der Waals surface area (Å²) in [6, 6.07) is 27.4. The summed E-state index contributed by atoms with van der Waals surface area (Å²) in [5.74, 6) is -0.629. The van der Waals surface area contributed by atoms with E-state index in [1.165, 1.54) is 0 Å². The zero-order chi connectivity index (χ0) is 26.5. The molecule has 0 fully saturated rings. The lowest BCUT2D eigenvalue weighted by atomic mass is 9.79. The van der Waals surface area contributed by atoms with E-state index < -0.39 is 23.8 Å². The van der Waals surface area contributed by atoms with E-state index in [-0.39, 0.29) is 25.7 Å². The minimum Gasteiger partial charge on any atom is -0.454 e. The van der Waals surface area contributed by atoms with Crippen LogP contribution < -0.4 is 0 Å². The second kappa shape index (κ2) is 14.6. The number of ether oxygens (including phenoxy) is 4. The SMILES string of the molecule is COCCOCO[C@H](C)C[C@H](O)CC(=O)O[C@H](c1ccccc1)C(O)(c1ccccc1)c1ccccc1. The third-order valence-corrected chi connectivity index (χ3v) is 6.03. The summed E-state index contributed by atoms with van der Waals surface area (Å²) >= 11 is 0. The van der Waals surface area contributed by atoms with E-state index in [1.807, 2.05) is 66.7 Å². The Kier molecular flexibility index (Phi) is 11.3. The molecule has 7 heteroatoms. The van der Waals surface area contributed by atoms with E-state index >= 15 is 0 Å². The van der Waals surface area contributed by atoms with Crippen LogP contribution in [0.1, 0.15) is 42.6 Å². The average Bonchev–Trinajstić information content (AvgIpc) is 2.92. The van der Waals surface area contributed by atoms with Crippen molar-refractivity contribution >= 4 is 5.97 Å². The van der Waals surface area contributed by atoms with Gasteiger partial charge in [0.15, 0.2) is 11.7 Å². The van der Waals surface area contributed by atoms with Crippen LogP contribution in [0.5, 0.6) is 0 Å². The van der Waals surface area contributed by atoms with Crippen LogP contribution in [-0.4, -0.2) is 55.5 Å². The molecule has 0 aromatic heterocycles. The van der Waals surface area contributed by atoms with Gasteiger partial charge in [0.05, 0.1) is 31.8 Å². The fourth-order valence-corrected chi connectivity index (χ4v) is 4.15. The predicted octanol–water partition coefficient (Wildman–Crippen LogP) is 4.37. The zero-order valence-electron chi connectivity index (χ0n) is 21.4. The van der Waals surface area contributed by atoms with Crippen LogP contribution >= 0.6 is 0 Å². The summed E-state index contributed by atoms with van der Waals surface area (Å²) in [6.07, 6.45) is -2.40. The minimum absolute atomic E-state index is 0.0684. The van der Waals surface area contributed by atoms with E-state index in [4.69, 9.17) is 18.9 Å². The van der Waals surface area contributed by atoms with E-state index in [2.05, 4.69) is 0 Å². The third-order valence-electron chi connectivity index (χ3n) is 6.03.